The van der Waals surface area contributed by atoms with Crippen LogP contribution in [0.3, 0.4) is 0 Å². The Morgan fingerprint density at radius 3 is 2.60 bits per heavy atom. The molecule has 1 aromatic carbocycles. The minimum atomic E-state index is 0.171. The number of phenols is 1. The molecule has 1 aromatic rings. The highest BCUT2D eigenvalue weighted by molar-refractivity contribution is 6.32. The Morgan fingerprint density at radius 1 is 1.30 bits per heavy atom. The van der Waals surface area contributed by atoms with Gasteiger partial charge in [-0.1, -0.05) is 44.4 Å². The highest BCUT2D eigenvalue weighted by Crippen LogP contribution is 2.28. The number of rotatable bonds is 6. The number of hydrogen-bond acceptors (Lipinski definition) is 2. The number of benzene rings is 1. The molecule has 3 heteroatoms. The first-order chi connectivity index (χ1) is 9.56. The smallest absolute Gasteiger partial charge is 0.134 e. The van der Waals surface area contributed by atoms with E-state index in [0.717, 1.165) is 25.0 Å². The average Bonchev–Trinajstić information content (AvgIpc) is 2.92. The third-order valence-corrected chi connectivity index (χ3v) is 4.54. The van der Waals surface area contributed by atoms with Crippen molar-refractivity contribution in [1.29, 1.82) is 0 Å². The lowest BCUT2D eigenvalue weighted by atomic mass is 10.1. The summed E-state index contributed by atoms with van der Waals surface area (Å²) in [5.74, 6) is 0.910. The highest BCUT2D eigenvalue weighted by atomic mass is 35.5. The van der Waals surface area contributed by atoms with Gasteiger partial charge in [-0.25, -0.2) is 0 Å². The largest absolute Gasteiger partial charge is 0.506 e. The fourth-order valence-corrected chi connectivity index (χ4v) is 3.17. The van der Waals surface area contributed by atoms with E-state index in [1.54, 1.807) is 6.07 Å². The van der Waals surface area contributed by atoms with Gasteiger partial charge in [0.15, 0.2) is 0 Å². The van der Waals surface area contributed by atoms with Gasteiger partial charge in [0.25, 0.3) is 0 Å². The Hall–Kier alpha value is -0.730. The van der Waals surface area contributed by atoms with E-state index in [-0.39, 0.29) is 5.75 Å². The van der Waals surface area contributed by atoms with Gasteiger partial charge in [-0.3, -0.25) is 4.90 Å². The first kappa shape index (κ1) is 15.7. The standard InChI is InChI=1S/C17H26ClNO/c1-13(2)9-10-19(15-5-3-4-6-15)12-14-7-8-17(20)16(18)11-14/h7-8,11,13,15,20H,3-6,9-10,12H2,1-2H3. The zero-order valence-electron chi connectivity index (χ0n) is 12.6. The van der Waals surface area contributed by atoms with Crippen molar-refractivity contribution in [1.82, 2.24) is 4.90 Å². The lowest BCUT2D eigenvalue weighted by Gasteiger charge is -2.29. The fourth-order valence-electron chi connectivity index (χ4n) is 2.97. The Balaban J connectivity index is 2.03. The molecule has 0 unspecified atom stereocenters. The van der Waals surface area contributed by atoms with Crippen LogP contribution in [-0.2, 0) is 6.54 Å². The molecule has 0 spiro atoms. The molecule has 2 rings (SSSR count). The summed E-state index contributed by atoms with van der Waals surface area (Å²) in [7, 11) is 0. The monoisotopic (exact) mass is 295 g/mol. The molecular formula is C17H26ClNO. The second-order valence-electron chi connectivity index (χ2n) is 6.38. The summed E-state index contributed by atoms with van der Waals surface area (Å²) < 4.78 is 0. The molecule has 1 N–H and O–H groups in total. The predicted octanol–water partition coefficient (Wildman–Crippen LogP) is 4.84. The average molecular weight is 296 g/mol. The van der Waals surface area contributed by atoms with Gasteiger partial charge in [0, 0.05) is 12.6 Å². The Labute approximate surface area is 127 Å². The van der Waals surface area contributed by atoms with Crippen molar-refractivity contribution in [3.05, 3.63) is 28.8 Å². The highest BCUT2D eigenvalue weighted by Gasteiger charge is 2.22. The first-order valence-electron chi connectivity index (χ1n) is 7.77. The van der Waals surface area contributed by atoms with Crippen LogP contribution < -0.4 is 0 Å². The quantitative estimate of drug-likeness (QED) is 0.812. The number of hydrogen-bond donors (Lipinski definition) is 1. The van der Waals surface area contributed by atoms with Crippen molar-refractivity contribution < 1.29 is 5.11 Å². The molecule has 1 aliphatic carbocycles. The van der Waals surface area contributed by atoms with E-state index in [4.69, 9.17) is 11.6 Å². The van der Waals surface area contributed by atoms with Crippen molar-refractivity contribution in [3.63, 3.8) is 0 Å². The molecule has 0 atom stereocenters. The summed E-state index contributed by atoms with van der Waals surface area (Å²) in [5.41, 5.74) is 1.20. The second-order valence-corrected chi connectivity index (χ2v) is 6.78. The van der Waals surface area contributed by atoms with Gasteiger partial charge in [-0.05, 0) is 49.4 Å². The molecule has 0 radical (unpaired) electrons. The maximum absolute atomic E-state index is 9.52. The predicted molar refractivity (Wildman–Crippen MR) is 85.2 cm³/mol. The Morgan fingerprint density at radius 2 is 2.00 bits per heavy atom. The third kappa shape index (κ3) is 4.39. The van der Waals surface area contributed by atoms with E-state index in [2.05, 4.69) is 18.7 Å². The van der Waals surface area contributed by atoms with Gasteiger partial charge in [0.1, 0.15) is 5.75 Å². The van der Waals surface area contributed by atoms with Crippen molar-refractivity contribution in [3.8, 4) is 5.75 Å². The molecule has 20 heavy (non-hydrogen) atoms. The van der Waals surface area contributed by atoms with Gasteiger partial charge < -0.3 is 5.11 Å². The molecule has 0 aliphatic heterocycles. The third-order valence-electron chi connectivity index (χ3n) is 4.23. The Kier molecular flexibility index (Phi) is 5.74. The van der Waals surface area contributed by atoms with E-state index < -0.39 is 0 Å². The van der Waals surface area contributed by atoms with Crippen LogP contribution in [0.1, 0.15) is 51.5 Å². The SMILES string of the molecule is CC(C)CCN(Cc1ccc(O)c(Cl)c1)C1CCCC1. The summed E-state index contributed by atoms with van der Waals surface area (Å²) in [6.45, 7) is 6.66. The minimum Gasteiger partial charge on any atom is -0.506 e. The van der Waals surface area contributed by atoms with Gasteiger partial charge in [-0.2, -0.15) is 0 Å². The molecule has 1 saturated carbocycles. The van der Waals surface area contributed by atoms with Crippen LogP contribution in [0.2, 0.25) is 5.02 Å². The molecule has 2 nitrogen and oxygen atoms in total. The van der Waals surface area contributed by atoms with Crippen LogP contribution in [0.15, 0.2) is 18.2 Å². The maximum Gasteiger partial charge on any atom is 0.134 e. The van der Waals surface area contributed by atoms with Gasteiger partial charge in [0.05, 0.1) is 5.02 Å². The lowest BCUT2D eigenvalue weighted by Crippen LogP contribution is -2.34. The molecule has 0 aromatic heterocycles. The van der Waals surface area contributed by atoms with Crippen LogP contribution >= 0.6 is 11.6 Å². The molecule has 1 fully saturated rings. The molecule has 0 amide bonds. The van der Waals surface area contributed by atoms with E-state index in [1.807, 2.05) is 12.1 Å². The number of halogens is 1. The molecule has 1 aliphatic rings. The molecule has 0 bridgehead atoms. The van der Waals surface area contributed by atoms with E-state index in [1.165, 1.54) is 37.7 Å². The van der Waals surface area contributed by atoms with Gasteiger partial charge in [0.2, 0.25) is 0 Å². The van der Waals surface area contributed by atoms with E-state index in [0.29, 0.717) is 5.02 Å². The Bertz CT molecular complexity index is 427. The first-order valence-corrected chi connectivity index (χ1v) is 8.15. The molecule has 0 heterocycles. The van der Waals surface area contributed by atoms with Crippen LogP contribution in [0.5, 0.6) is 5.75 Å². The maximum atomic E-state index is 9.52. The van der Waals surface area contributed by atoms with E-state index in [9.17, 15) is 5.11 Å². The minimum absolute atomic E-state index is 0.171. The summed E-state index contributed by atoms with van der Waals surface area (Å²) in [6, 6.07) is 6.31. The van der Waals surface area contributed by atoms with Crippen molar-refractivity contribution in [2.75, 3.05) is 6.54 Å². The lowest BCUT2D eigenvalue weighted by molar-refractivity contribution is 0.179. The van der Waals surface area contributed by atoms with Crippen LogP contribution in [0, 0.1) is 5.92 Å². The topological polar surface area (TPSA) is 23.5 Å². The van der Waals surface area contributed by atoms with Crippen LogP contribution in [0.4, 0.5) is 0 Å². The van der Waals surface area contributed by atoms with Crippen LogP contribution in [-0.4, -0.2) is 22.6 Å². The van der Waals surface area contributed by atoms with E-state index >= 15 is 0 Å². The van der Waals surface area contributed by atoms with Crippen molar-refractivity contribution in [2.45, 2.75) is 58.5 Å². The van der Waals surface area contributed by atoms with Gasteiger partial charge in [-0.15, -0.1) is 0 Å². The number of aromatic hydroxyl groups is 1. The zero-order chi connectivity index (χ0) is 14.5. The normalized spacial score (nSPS) is 16.4. The van der Waals surface area contributed by atoms with Crippen molar-refractivity contribution >= 4 is 11.6 Å². The summed E-state index contributed by atoms with van der Waals surface area (Å²) >= 11 is 6.02. The number of phenolic OH excluding ortho intramolecular Hbond substituents is 1. The second kappa shape index (κ2) is 7.33. The molecular weight excluding hydrogens is 270 g/mol. The summed E-state index contributed by atoms with van der Waals surface area (Å²) in [4.78, 5) is 2.61. The van der Waals surface area contributed by atoms with Crippen molar-refractivity contribution in [2.24, 2.45) is 5.92 Å². The zero-order valence-corrected chi connectivity index (χ0v) is 13.4. The van der Waals surface area contributed by atoms with Gasteiger partial charge >= 0.3 is 0 Å². The fraction of sp³-hybridized carbons (Fsp3) is 0.647. The molecule has 112 valence electrons. The number of nitrogens with zero attached hydrogens (tertiary/aromatic N) is 1. The van der Waals surface area contributed by atoms with Crippen LogP contribution in [0.25, 0.3) is 0 Å². The summed E-state index contributed by atoms with van der Waals surface area (Å²) in [5, 5.41) is 9.98. The molecule has 0 saturated heterocycles. The summed E-state index contributed by atoms with van der Waals surface area (Å²) in [6.07, 6.45) is 6.61.